The quantitative estimate of drug-likeness (QED) is 0.765. The van der Waals surface area contributed by atoms with Gasteiger partial charge in [-0.2, -0.15) is 10.2 Å². The zero-order chi connectivity index (χ0) is 17.1. The lowest BCUT2D eigenvalue weighted by molar-refractivity contribution is -0.114. The number of carbonyl (C=O) groups is 2. The Morgan fingerprint density at radius 2 is 1.79 bits per heavy atom. The summed E-state index contributed by atoms with van der Waals surface area (Å²) in [6.45, 7) is 1.40. The largest absolute Gasteiger partial charge is 0.311 e. The van der Waals surface area contributed by atoms with Crippen LogP contribution in [0.3, 0.4) is 0 Å². The van der Waals surface area contributed by atoms with E-state index in [0.29, 0.717) is 11.6 Å². The number of rotatable bonds is 4. The Morgan fingerprint density at radius 1 is 1.04 bits per heavy atom. The first-order chi connectivity index (χ1) is 11.5. The molecule has 0 spiro atoms. The molecule has 0 aliphatic heterocycles. The average molecular weight is 324 g/mol. The molecule has 2 aromatic heterocycles. The molecule has 0 fully saturated rings. The summed E-state index contributed by atoms with van der Waals surface area (Å²) in [4.78, 5) is 23.8. The number of para-hydroxylation sites is 1. The third-order valence-corrected chi connectivity index (χ3v) is 3.20. The molecular weight excluding hydrogens is 308 g/mol. The minimum Gasteiger partial charge on any atom is -0.311 e. The predicted molar refractivity (Wildman–Crippen MR) is 89.0 cm³/mol. The smallest absolute Gasteiger partial charge is 0.277 e. The molecule has 0 saturated heterocycles. The van der Waals surface area contributed by atoms with Crippen LogP contribution in [0.2, 0.25) is 0 Å². The highest BCUT2D eigenvalue weighted by molar-refractivity contribution is 6.03. The SMILES string of the molecule is CC(=O)Nc1cc(C(=O)Nc2ccn(C)n2)nn1-c1ccccc1. The number of nitrogens with zero attached hydrogens (tertiary/aromatic N) is 4. The number of aromatic nitrogens is 4. The van der Waals surface area contributed by atoms with Crippen LogP contribution in [0.4, 0.5) is 11.6 Å². The molecule has 8 nitrogen and oxygen atoms in total. The van der Waals surface area contributed by atoms with Crippen LogP contribution in [0.5, 0.6) is 0 Å². The Labute approximate surface area is 138 Å². The second kappa shape index (κ2) is 6.37. The summed E-state index contributed by atoms with van der Waals surface area (Å²) in [6, 6.07) is 12.4. The minimum absolute atomic E-state index is 0.174. The predicted octanol–water partition coefficient (Wildman–Crippen LogP) is 1.82. The molecule has 2 N–H and O–H groups in total. The third kappa shape index (κ3) is 3.32. The molecule has 0 unspecified atom stereocenters. The van der Waals surface area contributed by atoms with Gasteiger partial charge in [-0.25, -0.2) is 4.68 Å². The lowest BCUT2D eigenvalue weighted by Gasteiger charge is -2.06. The fourth-order valence-corrected chi connectivity index (χ4v) is 2.19. The van der Waals surface area contributed by atoms with E-state index in [2.05, 4.69) is 20.8 Å². The van der Waals surface area contributed by atoms with Crippen molar-refractivity contribution in [3.63, 3.8) is 0 Å². The monoisotopic (exact) mass is 324 g/mol. The van der Waals surface area contributed by atoms with Crippen LogP contribution in [0.15, 0.2) is 48.7 Å². The van der Waals surface area contributed by atoms with Crippen LogP contribution in [0.1, 0.15) is 17.4 Å². The van der Waals surface area contributed by atoms with Crippen molar-refractivity contribution in [1.82, 2.24) is 19.6 Å². The summed E-state index contributed by atoms with van der Waals surface area (Å²) in [7, 11) is 1.76. The molecule has 3 aromatic rings. The Balaban J connectivity index is 1.92. The van der Waals surface area contributed by atoms with Crippen molar-refractivity contribution in [3.8, 4) is 5.69 Å². The van der Waals surface area contributed by atoms with E-state index in [0.717, 1.165) is 5.69 Å². The highest BCUT2D eigenvalue weighted by Crippen LogP contribution is 2.18. The van der Waals surface area contributed by atoms with E-state index in [-0.39, 0.29) is 11.6 Å². The van der Waals surface area contributed by atoms with Crippen LogP contribution in [0.25, 0.3) is 5.69 Å². The summed E-state index contributed by atoms with van der Waals surface area (Å²) in [5.74, 6) is 0.191. The summed E-state index contributed by atoms with van der Waals surface area (Å²) < 4.78 is 3.09. The zero-order valence-electron chi connectivity index (χ0n) is 13.2. The first-order valence-corrected chi connectivity index (χ1v) is 7.27. The second-order valence-electron chi connectivity index (χ2n) is 5.17. The van der Waals surface area contributed by atoms with Crippen molar-refractivity contribution in [2.24, 2.45) is 7.05 Å². The van der Waals surface area contributed by atoms with Gasteiger partial charge in [0, 0.05) is 32.3 Å². The Hall–Kier alpha value is -3.42. The normalized spacial score (nSPS) is 10.4. The van der Waals surface area contributed by atoms with E-state index in [4.69, 9.17) is 0 Å². The fraction of sp³-hybridized carbons (Fsp3) is 0.125. The van der Waals surface area contributed by atoms with E-state index in [1.807, 2.05) is 30.3 Å². The molecule has 1 aromatic carbocycles. The van der Waals surface area contributed by atoms with Gasteiger partial charge in [-0.3, -0.25) is 14.3 Å². The van der Waals surface area contributed by atoms with Gasteiger partial charge < -0.3 is 10.6 Å². The van der Waals surface area contributed by atoms with Crippen molar-refractivity contribution in [2.45, 2.75) is 6.92 Å². The van der Waals surface area contributed by atoms with Gasteiger partial charge in [-0.1, -0.05) is 18.2 Å². The second-order valence-corrected chi connectivity index (χ2v) is 5.17. The van der Waals surface area contributed by atoms with Crippen LogP contribution < -0.4 is 10.6 Å². The van der Waals surface area contributed by atoms with Crippen LogP contribution in [-0.4, -0.2) is 31.4 Å². The molecule has 0 atom stereocenters. The van der Waals surface area contributed by atoms with E-state index in [9.17, 15) is 9.59 Å². The minimum atomic E-state index is -0.407. The first-order valence-electron chi connectivity index (χ1n) is 7.27. The van der Waals surface area contributed by atoms with Gasteiger partial charge in [-0.15, -0.1) is 0 Å². The van der Waals surface area contributed by atoms with E-state index < -0.39 is 5.91 Å². The van der Waals surface area contributed by atoms with Crippen molar-refractivity contribution in [3.05, 3.63) is 54.4 Å². The molecular formula is C16H16N6O2. The molecule has 2 heterocycles. The molecule has 0 aliphatic carbocycles. The van der Waals surface area contributed by atoms with Crippen molar-refractivity contribution in [2.75, 3.05) is 10.6 Å². The van der Waals surface area contributed by atoms with Gasteiger partial charge in [0.25, 0.3) is 5.91 Å². The maximum Gasteiger partial charge on any atom is 0.277 e. The molecule has 0 radical (unpaired) electrons. The van der Waals surface area contributed by atoms with Gasteiger partial charge in [0.05, 0.1) is 5.69 Å². The fourth-order valence-electron chi connectivity index (χ4n) is 2.19. The van der Waals surface area contributed by atoms with Crippen molar-refractivity contribution < 1.29 is 9.59 Å². The number of hydrogen-bond acceptors (Lipinski definition) is 4. The van der Waals surface area contributed by atoms with Gasteiger partial charge in [0.1, 0.15) is 5.82 Å². The molecule has 0 aliphatic rings. The number of carbonyl (C=O) groups excluding carboxylic acids is 2. The highest BCUT2D eigenvalue weighted by Gasteiger charge is 2.17. The van der Waals surface area contributed by atoms with Gasteiger partial charge in [0.2, 0.25) is 5.91 Å². The molecule has 24 heavy (non-hydrogen) atoms. The van der Waals surface area contributed by atoms with Crippen LogP contribution in [0, 0.1) is 0 Å². The highest BCUT2D eigenvalue weighted by atomic mass is 16.2. The molecule has 3 rings (SSSR count). The maximum atomic E-state index is 12.4. The van der Waals surface area contributed by atoms with Gasteiger partial charge in [-0.05, 0) is 12.1 Å². The summed E-state index contributed by atoms with van der Waals surface area (Å²) >= 11 is 0. The third-order valence-electron chi connectivity index (χ3n) is 3.20. The van der Waals surface area contributed by atoms with E-state index in [1.54, 1.807) is 24.0 Å². The Bertz CT molecular complexity index is 881. The topological polar surface area (TPSA) is 93.8 Å². The standard InChI is InChI=1S/C16H16N6O2/c1-11(23)17-15-10-13(16(24)18-14-8-9-21(2)20-14)19-22(15)12-6-4-3-5-7-12/h3-10H,1-2H3,(H,17,23)(H,18,20,24). The number of nitrogens with one attached hydrogen (secondary N) is 2. The van der Waals surface area contributed by atoms with Crippen LogP contribution >= 0.6 is 0 Å². The zero-order valence-corrected chi connectivity index (χ0v) is 13.2. The molecule has 0 bridgehead atoms. The molecule has 0 saturated carbocycles. The van der Waals surface area contributed by atoms with Gasteiger partial charge in [0.15, 0.2) is 11.5 Å². The number of benzene rings is 1. The van der Waals surface area contributed by atoms with E-state index in [1.165, 1.54) is 17.7 Å². The average Bonchev–Trinajstić information content (AvgIpc) is 3.14. The lowest BCUT2D eigenvalue weighted by Crippen LogP contribution is -2.14. The molecule has 2 amide bonds. The van der Waals surface area contributed by atoms with Crippen molar-refractivity contribution >= 4 is 23.5 Å². The Kier molecular flexibility index (Phi) is 4.11. The number of aryl methyl sites for hydroxylation is 1. The number of hydrogen-bond donors (Lipinski definition) is 2. The van der Waals surface area contributed by atoms with Gasteiger partial charge >= 0.3 is 0 Å². The molecule has 122 valence electrons. The summed E-state index contributed by atoms with van der Waals surface area (Å²) in [5, 5.41) is 13.7. The maximum absolute atomic E-state index is 12.4. The van der Waals surface area contributed by atoms with E-state index >= 15 is 0 Å². The van der Waals surface area contributed by atoms with Crippen LogP contribution in [-0.2, 0) is 11.8 Å². The lowest BCUT2D eigenvalue weighted by atomic mass is 10.3. The molecule has 8 heteroatoms. The Morgan fingerprint density at radius 3 is 2.42 bits per heavy atom. The number of amides is 2. The van der Waals surface area contributed by atoms with Crippen molar-refractivity contribution in [1.29, 1.82) is 0 Å². The first kappa shape index (κ1) is 15.5. The summed E-state index contributed by atoms with van der Waals surface area (Å²) in [5.41, 5.74) is 0.909. The number of anilines is 2. The summed E-state index contributed by atoms with van der Waals surface area (Å²) in [6.07, 6.45) is 1.72.